The zero-order valence-electron chi connectivity index (χ0n) is 9.54. The molecule has 0 spiro atoms. The summed E-state index contributed by atoms with van der Waals surface area (Å²) < 4.78 is 23.3. The third-order valence-corrected chi connectivity index (χ3v) is 2.28. The molecule has 16 heavy (non-hydrogen) atoms. The van der Waals surface area contributed by atoms with Gasteiger partial charge in [0, 0.05) is 26.9 Å². The van der Waals surface area contributed by atoms with E-state index in [9.17, 15) is 4.39 Å². The Morgan fingerprint density at radius 1 is 1.25 bits per heavy atom. The van der Waals surface area contributed by atoms with Crippen LogP contribution in [0.1, 0.15) is 17.5 Å². The first-order valence-electron chi connectivity index (χ1n) is 5.32. The van der Waals surface area contributed by atoms with E-state index in [1.54, 1.807) is 13.2 Å². The van der Waals surface area contributed by atoms with Crippen molar-refractivity contribution in [3.8, 4) is 0 Å². The zero-order chi connectivity index (χ0) is 11.8. The summed E-state index contributed by atoms with van der Waals surface area (Å²) in [5.41, 5.74) is 7.30. The van der Waals surface area contributed by atoms with Gasteiger partial charge in [-0.25, -0.2) is 4.39 Å². The monoisotopic (exact) mass is 227 g/mol. The first kappa shape index (κ1) is 13.1. The summed E-state index contributed by atoms with van der Waals surface area (Å²) >= 11 is 0. The molecule has 90 valence electrons. The van der Waals surface area contributed by atoms with Crippen molar-refractivity contribution in [2.75, 3.05) is 20.3 Å². The van der Waals surface area contributed by atoms with Gasteiger partial charge in [0.25, 0.3) is 0 Å². The van der Waals surface area contributed by atoms with Crippen molar-refractivity contribution < 1.29 is 13.9 Å². The van der Waals surface area contributed by atoms with E-state index >= 15 is 0 Å². The number of hydrogen-bond acceptors (Lipinski definition) is 3. The summed E-state index contributed by atoms with van der Waals surface area (Å²) in [5, 5.41) is 0. The molecule has 0 aliphatic rings. The maximum Gasteiger partial charge on any atom is 0.123 e. The van der Waals surface area contributed by atoms with Gasteiger partial charge in [-0.1, -0.05) is 6.07 Å². The minimum Gasteiger partial charge on any atom is -0.385 e. The Morgan fingerprint density at radius 2 is 2.06 bits per heavy atom. The second-order valence-corrected chi connectivity index (χ2v) is 3.52. The Morgan fingerprint density at radius 3 is 2.75 bits per heavy atom. The molecule has 0 aliphatic carbocycles. The lowest BCUT2D eigenvalue weighted by molar-refractivity contribution is 0.0923. The molecule has 0 saturated carbocycles. The van der Waals surface area contributed by atoms with Crippen LogP contribution in [0, 0.1) is 5.82 Å². The average Bonchev–Trinajstić information content (AvgIpc) is 2.29. The molecule has 2 N–H and O–H groups in total. The molecular weight excluding hydrogens is 209 g/mol. The third-order valence-electron chi connectivity index (χ3n) is 2.28. The van der Waals surface area contributed by atoms with Crippen molar-refractivity contribution in [2.24, 2.45) is 5.73 Å². The van der Waals surface area contributed by atoms with Gasteiger partial charge in [-0.15, -0.1) is 0 Å². The SMILES string of the molecule is COCCCOCc1cc(F)ccc1CN. The Balaban J connectivity index is 2.42. The highest BCUT2D eigenvalue weighted by molar-refractivity contribution is 5.27. The Hall–Kier alpha value is -0.970. The lowest BCUT2D eigenvalue weighted by Crippen LogP contribution is -2.05. The summed E-state index contributed by atoms with van der Waals surface area (Å²) in [5.74, 6) is -0.257. The fourth-order valence-electron chi connectivity index (χ4n) is 1.42. The van der Waals surface area contributed by atoms with E-state index in [2.05, 4.69) is 0 Å². The van der Waals surface area contributed by atoms with E-state index in [0.717, 1.165) is 17.5 Å². The van der Waals surface area contributed by atoms with Crippen LogP contribution in [-0.4, -0.2) is 20.3 Å². The van der Waals surface area contributed by atoms with E-state index in [1.807, 2.05) is 0 Å². The van der Waals surface area contributed by atoms with Crippen molar-refractivity contribution in [2.45, 2.75) is 19.6 Å². The van der Waals surface area contributed by atoms with Crippen molar-refractivity contribution in [1.82, 2.24) is 0 Å². The van der Waals surface area contributed by atoms with E-state index in [1.165, 1.54) is 12.1 Å². The third kappa shape index (κ3) is 4.26. The number of halogens is 1. The standard InChI is InChI=1S/C12H18FNO2/c1-15-5-2-6-16-9-11-7-12(13)4-3-10(11)8-14/h3-4,7H,2,5-6,8-9,14H2,1H3. The highest BCUT2D eigenvalue weighted by Crippen LogP contribution is 2.12. The largest absolute Gasteiger partial charge is 0.385 e. The van der Waals surface area contributed by atoms with E-state index in [4.69, 9.17) is 15.2 Å². The molecule has 1 aromatic rings. The van der Waals surface area contributed by atoms with Crippen LogP contribution >= 0.6 is 0 Å². The van der Waals surface area contributed by atoms with Gasteiger partial charge in [-0.05, 0) is 29.7 Å². The number of ether oxygens (including phenoxy) is 2. The number of nitrogens with two attached hydrogens (primary N) is 1. The topological polar surface area (TPSA) is 44.5 Å². The Kier molecular flexibility index (Phi) is 6.00. The summed E-state index contributed by atoms with van der Waals surface area (Å²) in [6, 6.07) is 4.58. The normalized spacial score (nSPS) is 10.7. The van der Waals surface area contributed by atoms with Crippen molar-refractivity contribution in [3.05, 3.63) is 35.1 Å². The minimum atomic E-state index is -0.257. The predicted molar refractivity (Wildman–Crippen MR) is 60.4 cm³/mol. The van der Waals surface area contributed by atoms with E-state index in [0.29, 0.717) is 26.4 Å². The molecule has 0 atom stereocenters. The van der Waals surface area contributed by atoms with Crippen LogP contribution in [-0.2, 0) is 22.6 Å². The zero-order valence-corrected chi connectivity index (χ0v) is 9.54. The number of benzene rings is 1. The molecular formula is C12H18FNO2. The molecule has 4 heteroatoms. The summed E-state index contributed by atoms with van der Waals surface area (Å²) in [4.78, 5) is 0. The fraction of sp³-hybridized carbons (Fsp3) is 0.500. The van der Waals surface area contributed by atoms with Crippen LogP contribution in [0.25, 0.3) is 0 Å². The Bertz CT molecular complexity index is 318. The van der Waals surface area contributed by atoms with Crippen molar-refractivity contribution in [3.63, 3.8) is 0 Å². The molecule has 0 unspecified atom stereocenters. The fourth-order valence-corrected chi connectivity index (χ4v) is 1.42. The van der Waals surface area contributed by atoms with Crippen LogP contribution in [0.4, 0.5) is 4.39 Å². The minimum absolute atomic E-state index is 0.257. The molecule has 0 radical (unpaired) electrons. The molecule has 1 aromatic carbocycles. The highest BCUT2D eigenvalue weighted by atomic mass is 19.1. The molecule has 0 saturated heterocycles. The van der Waals surface area contributed by atoms with Crippen molar-refractivity contribution >= 4 is 0 Å². The second kappa shape index (κ2) is 7.33. The van der Waals surface area contributed by atoms with E-state index < -0.39 is 0 Å². The van der Waals surface area contributed by atoms with Crippen LogP contribution in [0.15, 0.2) is 18.2 Å². The first-order valence-corrected chi connectivity index (χ1v) is 5.32. The molecule has 0 bridgehead atoms. The summed E-state index contributed by atoms with van der Waals surface area (Å²) in [7, 11) is 1.65. The molecule has 0 fully saturated rings. The maximum absolute atomic E-state index is 13.0. The van der Waals surface area contributed by atoms with Crippen LogP contribution < -0.4 is 5.73 Å². The first-order chi connectivity index (χ1) is 7.77. The second-order valence-electron chi connectivity index (χ2n) is 3.52. The van der Waals surface area contributed by atoms with Gasteiger partial charge in [-0.2, -0.15) is 0 Å². The van der Waals surface area contributed by atoms with Gasteiger partial charge < -0.3 is 15.2 Å². The van der Waals surface area contributed by atoms with Gasteiger partial charge in [0.15, 0.2) is 0 Å². The average molecular weight is 227 g/mol. The molecule has 1 rings (SSSR count). The lowest BCUT2D eigenvalue weighted by atomic mass is 10.1. The summed E-state index contributed by atoms with van der Waals surface area (Å²) in [6.07, 6.45) is 0.837. The van der Waals surface area contributed by atoms with Gasteiger partial charge >= 0.3 is 0 Å². The number of rotatable bonds is 7. The number of hydrogen-bond donors (Lipinski definition) is 1. The summed E-state index contributed by atoms with van der Waals surface area (Å²) in [6.45, 7) is 2.08. The molecule has 0 amide bonds. The van der Waals surface area contributed by atoms with E-state index in [-0.39, 0.29) is 5.82 Å². The lowest BCUT2D eigenvalue weighted by Gasteiger charge is -2.08. The van der Waals surface area contributed by atoms with Gasteiger partial charge in [0.05, 0.1) is 6.61 Å². The van der Waals surface area contributed by atoms with Gasteiger partial charge in [0.2, 0.25) is 0 Å². The van der Waals surface area contributed by atoms with Gasteiger partial charge in [0.1, 0.15) is 5.82 Å². The van der Waals surface area contributed by atoms with Crippen LogP contribution in [0.3, 0.4) is 0 Å². The van der Waals surface area contributed by atoms with Crippen molar-refractivity contribution in [1.29, 1.82) is 0 Å². The number of methoxy groups -OCH3 is 1. The predicted octanol–water partition coefficient (Wildman–Crippen LogP) is 1.84. The van der Waals surface area contributed by atoms with Gasteiger partial charge in [-0.3, -0.25) is 0 Å². The smallest absolute Gasteiger partial charge is 0.123 e. The molecule has 3 nitrogen and oxygen atoms in total. The quantitative estimate of drug-likeness (QED) is 0.723. The van der Waals surface area contributed by atoms with Crippen LogP contribution in [0.2, 0.25) is 0 Å². The molecule has 0 heterocycles. The molecule has 0 aromatic heterocycles. The highest BCUT2D eigenvalue weighted by Gasteiger charge is 2.02. The maximum atomic E-state index is 13.0. The Labute approximate surface area is 95.4 Å². The van der Waals surface area contributed by atoms with Crippen LogP contribution in [0.5, 0.6) is 0 Å². The molecule has 0 aliphatic heterocycles.